The summed E-state index contributed by atoms with van der Waals surface area (Å²) in [6.45, 7) is 1.34. The molecule has 276 valence electrons. The molecule has 1 aromatic heterocycles. The topological polar surface area (TPSA) is 127 Å². The van der Waals surface area contributed by atoms with Crippen LogP contribution in [-0.2, 0) is 25.8 Å². The lowest BCUT2D eigenvalue weighted by Gasteiger charge is -2.48. The number of halogens is 2. The Hall–Kier alpha value is -5.52. The average Bonchev–Trinajstić information content (AvgIpc) is 3.81. The van der Waals surface area contributed by atoms with Gasteiger partial charge < -0.3 is 19.0 Å². The van der Waals surface area contributed by atoms with Crippen molar-refractivity contribution in [3.8, 4) is 11.5 Å². The first-order chi connectivity index (χ1) is 26.0. The molecule has 12 heteroatoms. The summed E-state index contributed by atoms with van der Waals surface area (Å²) in [5.41, 5.74) is 1.59. The number of rotatable bonds is 8. The highest BCUT2D eigenvalue weighted by molar-refractivity contribution is 6.32. The molecule has 2 aliphatic carbocycles. The molecule has 54 heavy (non-hydrogen) atoms. The number of fused-ring (bicyclic) bond motifs is 4. The van der Waals surface area contributed by atoms with Crippen LogP contribution in [0.25, 0.3) is 12.2 Å². The number of methoxy groups -OCH3 is 2. The SMILES string of the molecule is COc1ccc(OC)c(C=Cc2ccc(N3C(=O)[C@H]4[C@H](CC=C5[C@H]4C[C@H]4C(=O)N(c6ccc(F)c(Cl)c6)C(=O)[C@@]4(C)[C@H]5c4ccc(CO)o4)C3=O)cc2)c1. The first kappa shape index (κ1) is 35.5. The molecule has 4 aromatic rings. The molecule has 0 spiro atoms. The fourth-order valence-electron chi connectivity index (χ4n) is 8.97. The van der Waals surface area contributed by atoms with Crippen molar-refractivity contribution >= 4 is 58.8 Å². The number of furan rings is 1. The molecular weight excluding hydrogens is 715 g/mol. The van der Waals surface area contributed by atoms with Crippen molar-refractivity contribution in [3.63, 3.8) is 0 Å². The van der Waals surface area contributed by atoms with Gasteiger partial charge in [-0.3, -0.25) is 24.1 Å². The molecule has 0 unspecified atom stereocenters. The van der Waals surface area contributed by atoms with Crippen LogP contribution in [-0.4, -0.2) is 43.0 Å². The van der Waals surface area contributed by atoms with E-state index in [2.05, 4.69) is 0 Å². The second-order valence-corrected chi connectivity index (χ2v) is 14.7. The Morgan fingerprint density at radius 3 is 2.33 bits per heavy atom. The quantitative estimate of drug-likeness (QED) is 0.114. The third kappa shape index (κ3) is 5.40. The summed E-state index contributed by atoms with van der Waals surface area (Å²) < 4.78 is 31.0. The highest BCUT2D eigenvalue weighted by Gasteiger charge is 2.68. The number of hydrogen-bond acceptors (Lipinski definition) is 8. The van der Waals surface area contributed by atoms with E-state index in [4.69, 9.17) is 25.5 Å². The van der Waals surface area contributed by atoms with E-state index in [0.717, 1.165) is 27.7 Å². The number of benzene rings is 3. The number of nitrogens with zero attached hydrogens (tertiary/aromatic N) is 2. The zero-order valence-corrected chi connectivity index (χ0v) is 30.4. The predicted molar refractivity (Wildman–Crippen MR) is 198 cm³/mol. The molecule has 8 rings (SSSR count). The molecule has 0 radical (unpaired) electrons. The Kier molecular flexibility index (Phi) is 8.81. The molecule has 1 N–H and O–H groups in total. The molecule has 6 atom stereocenters. The van der Waals surface area contributed by atoms with Gasteiger partial charge in [-0.25, -0.2) is 9.29 Å². The smallest absolute Gasteiger partial charge is 0.241 e. The Balaban J connectivity index is 1.12. The Morgan fingerprint density at radius 1 is 0.889 bits per heavy atom. The largest absolute Gasteiger partial charge is 0.497 e. The van der Waals surface area contributed by atoms with Gasteiger partial charge in [-0.15, -0.1) is 0 Å². The van der Waals surface area contributed by atoms with E-state index in [-0.39, 0.29) is 47.7 Å². The monoisotopic (exact) mass is 750 g/mol. The molecule has 1 saturated carbocycles. The van der Waals surface area contributed by atoms with Gasteiger partial charge in [0.05, 0.1) is 59.7 Å². The summed E-state index contributed by atoms with van der Waals surface area (Å²) in [6.07, 6.45) is 6.09. The minimum atomic E-state index is -1.36. The van der Waals surface area contributed by atoms with Crippen molar-refractivity contribution in [3.05, 3.63) is 118 Å². The number of anilines is 2. The van der Waals surface area contributed by atoms with Crippen LogP contribution in [0.2, 0.25) is 5.02 Å². The van der Waals surface area contributed by atoms with Gasteiger partial charge in [-0.2, -0.15) is 0 Å². The van der Waals surface area contributed by atoms with E-state index in [1.54, 1.807) is 45.4 Å². The molecule has 0 bridgehead atoms. The van der Waals surface area contributed by atoms with Crippen LogP contribution in [0.15, 0.2) is 88.9 Å². The van der Waals surface area contributed by atoms with Crippen LogP contribution in [0.5, 0.6) is 11.5 Å². The number of hydrogen-bond donors (Lipinski definition) is 1. The molecule has 10 nitrogen and oxygen atoms in total. The van der Waals surface area contributed by atoms with E-state index < -0.39 is 52.6 Å². The highest BCUT2D eigenvalue weighted by atomic mass is 35.5. The second-order valence-electron chi connectivity index (χ2n) is 14.3. The maximum Gasteiger partial charge on any atom is 0.241 e. The van der Waals surface area contributed by atoms with E-state index in [1.807, 2.05) is 48.6 Å². The number of carbonyl (C=O) groups is 4. The summed E-state index contributed by atoms with van der Waals surface area (Å²) in [5, 5.41) is 9.61. The van der Waals surface area contributed by atoms with Crippen molar-refractivity contribution in [2.24, 2.45) is 29.1 Å². The van der Waals surface area contributed by atoms with Gasteiger partial charge in [-0.05, 0) is 91.9 Å². The number of carbonyl (C=O) groups excluding carboxylic acids is 4. The molecule has 3 heterocycles. The molecule has 2 saturated heterocycles. The van der Waals surface area contributed by atoms with Crippen LogP contribution in [0.4, 0.5) is 15.8 Å². The number of ether oxygens (including phenoxy) is 2. The van der Waals surface area contributed by atoms with E-state index in [9.17, 15) is 28.7 Å². The maximum atomic E-state index is 14.5. The van der Waals surface area contributed by atoms with Gasteiger partial charge in [0.2, 0.25) is 23.6 Å². The fourth-order valence-corrected chi connectivity index (χ4v) is 9.14. The lowest BCUT2D eigenvalue weighted by atomic mass is 9.52. The standard InChI is InChI=1S/C42H36ClFN2O8/c1-42-31(39(49)46(41(42)51)25-10-15-33(44)32(43)19-25)20-30-28(37(42)35-17-12-27(21-47)54-35)13-14-29-36(30)40(50)45(38(29)48)24-8-5-22(6-9-24)4-7-23-18-26(52-2)11-16-34(23)53-3/h4-13,15-19,29-31,36-37,47H,14,20-21H2,1-3H3/t29-,30+,31-,36-,37+,42+/m0/s1. The van der Waals surface area contributed by atoms with Gasteiger partial charge >= 0.3 is 0 Å². The van der Waals surface area contributed by atoms with Gasteiger partial charge in [0, 0.05) is 5.56 Å². The summed E-state index contributed by atoms with van der Waals surface area (Å²) in [7, 11) is 3.18. The Labute approximate surface area is 315 Å². The molecule has 4 aliphatic rings. The van der Waals surface area contributed by atoms with Crippen molar-refractivity contribution in [1.82, 2.24) is 0 Å². The molecule has 3 fully saturated rings. The lowest BCUT2D eigenvalue weighted by molar-refractivity contribution is -0.131. The summed E-state index contributed by atoms with van der Waals surface area (Å²) in [5.74, 6) is -4.11. The minimum Gasteiger partial charge on any atom is -0.497 e. The number of aliphatic hydroxyl groups is 1. The molecule has 4 amide bonds. The second kappa shape index (κ2) is 13.4. The van der Waals surface area contributed by atoms with Crippen LogP contribution in [0.3, 0.4) is 0 Å². The summed E-state index contributed by atoms with van der Waals surface area (Å²) >= 11 is 6.09. The first-order valence-electron chi connectivity index (χ1n) is 17.6. The van der Waals surface area contributed by atoms with Crippen molar-refractivity contribution in [2.75, 3.05) is 24.0 Å². The number of allylic oxidation sites excluding steroid dienone is 2. The van der Waals surface area contributed by atoms with E-state index in [1.165, 1.54) is 17.0 Å². The van der Waals surface area contributed by atoms with Gasteiger partial charge in [0.1, 0.15) is 35.4 Å². The summed E-state index contributed by atoms with van der Waals surface area (Å²) in [4.78, 5) is 59.6. The highest BCUT2D eigenvalue weighted by Crippen LogP contribution is 2.64. The van der Waals surface area contributed by atoms with Gasteiger partial charge in [-0.1, -0.05) is 47.5 Å². The van der Waals surface area contributed by atoms with Crippen molar-refractivity contribution < 1.29 is 42.6 Å². The number of amides is 4. The van der Waals surface area contributed by atoms with Crippen LogP contribution in [0.1, 0.15) is 48.3 Å². The Bertz CT molecular complexity index is 2280. The predicted octanol–water partition coefficient (Wildman–Crippen LogP) is 7.19. The number of aliphatic hydroxyl groups excluding tert-OH is 1. The van der Waals surface area contributed by atoms with E-state index >= 15 is 0 Å². The minimum absolute atomic E-state index is 0.133. The van der Waals surface area contributed by atoms with Crippen molar-refractivity contribution in [1.29, 1.82) is 0 Å². The van der Waals surface area contributed by atoms with Crippen LogP contribution in [0, 0.1) is 34.9 Å². The average molecular weight is 751 g/mol. The third-order valence-corrected chi connectivity index (χ3v) is 11.9. The van der Waals surface area contributed by atoms with E-state index in [0.29, 0.717) is 22.9 Å². The number of imide groups is 2. The normalized spacial score (nSPS) is 26.3. The zero-order chi connectivity index (χ0) is 38.1. The van der Waals surface area contributed by atoms with Gasteiger partial charge in [0.25, 0.3) is 0 Å². The molecule has 2 aliphatic heterocycles. The van der Waals surface area contributed by atoms with Crippen LogP contribution < -0.4 is 19.3 Å². The summed E-state index contributed by atoms with van der Waals surface area (Å²) in [6, 6.07) is 19.6. The molecule has 3 aromatic carbocycles. The fraction of sp³-hybridized carbons (Fsp3) is 0.286. The lowest BCUT2D eigenvalue weighted by Crippen LogP contribution is -2.48. The zero-order valence-electron chi connectivity index (χ0n) is 29.6. The Morgan fingerprint density at radius 2 is 1.65 bits per heavy atom. The molecular formula is C42H36ClFN2O8. The first-order valence-corrected chi connectivity index (χ1v) is 18.0. The van der Waals surface area contributed by atoms with Crippen molar-refractivity contribution in [2.45, 2.75) is 32.3 Å². The van der Waals surface area contributed by atoms with Crippen LogP contribution >= 0.6 is 11.6 Å². The third-order valence-electron chi connectivity index (χ3n) is 11.6. The van der Waals surface area contributed by atoms with Gasteiger partial charge in [0.15, 0.2) is 0 Å². The maximum absolute atomic E-state index is 14.5.